The van der Waals surface area contributed by atoms with Gasteiger partial charge in [-0.05, 0) is 44.3 Å². The molecule has 0 saturated carbocycles. The third-order valence-corrected chi connectivity index (χ3v) is 1.80. The van der Waals surface area contributed by atoms with Crippen molar-refractivity contribution in [3.63, 3.8) is 0 Å². The van der Waals surface area contributed by atoms with Gasteiger partial charge in [0.2, 0.25) is 6.41 Å². The lowest BCUT2D eigenvalue weighted by molar-refractivity contribution is -0.106. The minimum atomic E-state index is -0.155. The quantitative estimate of drug-likeness (QED) is 0.751. The number of carbonyl (C=O) groups is 1. The molecule has 4 heteroatoms. The van der Waals surface area contributed by atoms with Gasteiger partial charge in [-0.3, -0.25) is 4.79 Å². The highest BCUT2D eigenvalue weighted by atomic mass is 19.1. The minimum absolute atomic E-state index is 0.155. The number of aryl methyl sites for hydroxylation is 1. The smallest absolute Gasteiger partial charge is 0.204 e. The second-order valence-electron chi connectivity index (χ2n) is 3.44. The van der Waals surface area contributed by atoms with E-state index in [9.17, 15) is 4.39 Å². The van der Waals surface area contributed by atoms with Crippen LogP contribution < -0.4 is 5.73 Å². The number of benzene rings is 1. The van der Waals surface area contributed by atoms with Gasteiger partial charge in [-0.2, -0.15) is 0 Å². The standard InChI is InChI=1S/C10H14FN.CH3NO/c1-8-4-5-10(11)6-9(8)7-12(2)3;2-1-3/h4-6H,7H2,1-3H3;1H,(H2,2,3). The number of halogens is 1. The first kappa shape index (κ1) is 13.6. The molecule has 0 unspecified atom stereocenters. The molecule has 0 aromatic heterocycles. The number of rotatable bonds is 2. The van der Waals surface area contributed by atoms with Gasteiger partial charge in [-0.1, -0.05) is 6.07 Å². The van der Waals surface area contributed by atoms with E-state index in [0.717, 1.165) is 17.7 Å². The van der Waals surface area contributed by atoms with Crippen LogP contribution in [0.5, 0.6) is 0 Å². The average Bonchev–Trinajstić information content (AvgIpc) is 2.12. The van der Waals surface area contributed by atoms with Gasteiger partial charge in [0.15, 0.2) is 0 Å². The van der Waals surface area contributed by atoms with Gasteiger partial charge in [-0.15, -0.1) is 0 Å². The molecule has 1 aromatic carbocycles. The van der Waals surface area contributed by atoms with Crippen LogP contribution in [0.25, 0.3) is 0 Å². The molecule has 1 aromatic rings. The zero-order chi connectivity index (χ0) is 11.8. The Balaban J connectivity index is 0.000000583. The Morgan fingerprint density at radius 2 is 2.00 bits per heavy atom. The van der Waals surface area contributed by atoms with Crippen LogP contribution in [0.4, 0.5) is 4.39 Å². The summed E-state index contributed by atoms with van der Waals surface area (Å²) < 4.78 is 12.8. The lowest BCUT2D eigenvalue weighted by Crippen LogP contribution is -2.11. The molecule has 0 radical (unpaired) electrons. The fourth-order valence-corrected chi connectivity index (χ4v) is 1.15. The molecule has 0 aliphatic carbocycles. The van der Waals surface area contributed by atoms with E-state index < -0.39 is 0 Å². The maximum Gasteiger partial charge on any atom is 0.204 e. The van der Waals surface area contributed by atoms with Crippen molar-refractivity contribution < 1.29 is 9.18 Å². The molecule has 0 fully saturated rings. The molecule has 1 rings (SSSR count). The predicted octanol–water partition coefficient (Wildman–Crippen LogP) is 1.30. The van der Waals surface area contributed by atoms with Crippen molar-refractivity contribution in [2.45, 2.75) is 13.5 Å². The summed E-state index contributed by atoms with van der Waals surface area (Å²) in [7, 11) is 3.95. The van der Waals surface area contributed by atoms with Gasteiger partial charge in [0, 0.05) is 6.54 Å². The van der Waals surface area contributed by atoms with Crippen LogP contribution in [0.3, 0.4) is 0 Å². The normalized spacial score (nSPS) is 9.40. The number of nitrogens with zero attached hydrogens (tertiary/aromatic N) is 1. The van der Waals surface area contributed by atoms with E-state index in [0.29, 0.717) is 0 Å². The lowest BCUT2D eigenvalue weighted by Gasteiger charge is -2.11. The molecule has 0 spiro atoms. The van der Waals surface area contributed by atoms with Crippen molar-refractivity contribution in [3.05, 3.63) is 35.1 Å². The average molecular weight is 212 g/mol. The summed E-state index contributed by atoms with van der Waals surface area (Å²) in [5, 5.41) is 0. The maximum absolute atomic E-state index is 12.8. The van der Waals surface area contributed by atoms with Gasteiger partial charge in [0.25, 0.3) is 0 Å². The first-order valence-electron chi connectivity index (χ1n) is 4.56. The number of primary amides is 1. The molecule has 0 heterocycles. The van der Waals surface area contributed by atoms with Crippen LogP contribution in [0.15, 0.2) is 18.2 Å². The van der Waals surface area contributed by atoms with Gasteiger partial charge in [-0.25, -0.2) is 4.39 Å². The van der Waals surface area contributed by atoms with E-state index in [4.69, 9.17) is 4.79 Å². The Kier molecular flexibility index (Phi) is 6.29. The molecule has 0 bridgehead atoms. The van der Waals surface area contributed by atoms with E-state index in [-0.39, 0.29) is 12.2 Å². The number of nitrogens with two attached hydrogens (primary N) is 1. The molecule has 0 atom stereocenters. The number of amides is 1. The monoisotopic (exact) mass is 212 g/mol. The summed E-state index contributed by atoms with van der Waals surface area (Å²) in [5.74, 6) is -0.155. The molecule has 0 aliphatic heterocycles. The van der Waals surface area contributed by atoms with Crippen molar-refractivity contribution in [1.82, 2.24) is 4.90 Å². The second-order valence-corrected chi connectivity index (χ2v) is 3.44. The van der Waals surface area contributed by atoms with Crippen LogP contribution in [-0.4, -0.2) is 25.4 Å². The summed E-state index contributed by atoms with van der Waals surface area (Å²) in [5.41, 5.74) is 6.37. The molecule has 3 nitrogen and oxygen atoms in total. The summed E-state index contributed by atoms with van der Waals surface area (Å²) >= 11 is 0. The van der Waals surface area contributed by atoms with Crippen molar-refractivity contribution >= 4 is 6.41 Å². The molecule has 15 heavy (non-hydrogen) atoms. The highest BCUT2D eigenvalue weighted by Gasteiger charge is 2.00. The summed E-state index contributed by atoms with van der Waals surface area (Å²) in [6.45, 7) is 2.79. The molecule has 2 N–H and O–H groups in total. The molecular formula is C11H17FN2O. The first-order valence-corrected chi connectivity index (χ1v) is 4.56. The van der Waals surface area contributed by atoms with Gasteiger partial charge in [0.1, 0.15) is 5.82 Å². The van der Waals surface area contributed by atoms with Crippen LogP contribution in [0.1, 0.15) is 11.1 Å². The number of hydrogen-bond donors (Lipinski definition) is 1. The third kappa shape index (κ3) is 5.80. The van der Waals surface area contributed by atoms with Crippen molar-refractivity contribution in [1.29, 1.82) is 0 Å². The first-order chi connectivity index (χ1) is 7.01. The van der Waals surface area contributed by atoms with E-state index in [2.05, 4.69) is 5.73 Å². The molecular weight excluding hydrogens is 195 g/mol. The molecule has 0 saturated heterocycles. The molecule has 84 valence electrons. The zero-order valence-electron chi connectivity index (χ0n) is 9.33. The number of hydrogen-bond acceptors (Lipinski definition) is 2. The van der Waals surface area contributed by atoms with Crippen LogP contribution >= 0.6 is 0 Å². The van der Waals surface area contributed by atoms with E-state index in [1.54, 1.807) is 6.07 Å². The van der Waals surface area contributed by atoms with Gasteiger partial charge in [0.05, 0.1) is 0 Å². The highest BCUT2D eigenvalue weighted by molar-refractivity contribution is 5.42. The largest absolute Gasteiger partial charge is 0.372 e. The predicted molar refractivity (Wildman–Crippen MR) is 58.8 cm³/mol. The SMILES string of the molecule is Cc1ccc(F)cc1CN(C)C.NC=O. The minimum Gasteiger partial charge on any atom is -0.372 e. The Bertz CT molecular complexity index is 313. The van der Waals surface area contributed by atoms with Gasteiger partial charge < -0.3 is 10.6 Å². The van der Waals surface area contributed by atoms with Crippen LogP contribution in [-0.2, 0) is 11.3 Å². The summed E-state index contributed by atoms with van der Waals surface area (Å²) in [6, 6.07) is 4.90. The Morgan fingerprint density at radius 1 is 1.47 bits per heavy atom. The summed E-state index contributed by atoms with van der Waals surface area (Å²) in [6.07, 6.45) is 0.250. The summed E-state index contributed by atoms with van der Waals surface area (Å²) in [4.78, 5) is 10.6. The zero-order valence-corrected chi connectivity index (χ0v) is 9.33. The maximum atomic E-state index is 12.8. The van der Waals surface area contributed by atoms with E-state index in [1.165, 1.54) is 6.07 Å². The second kappa shape index (κ2) is 6.95. The van der Waals surface area contributed by atoms with Crippen molar-refractivity contribution in [2.24, 2.45) is 5.73 Å². The van der Waals surface area contributed by atoms with Crippen molar-refractivity contribution in [2.75, 3.05) is 14.1 Å². The fourth-order valence-electron chi connectivity index (χ4n) is 1.15. The lowest BCUT2D eigenvalue weighted by atomic mass is 10.1. The fraction of sp³-hybridized carbons (Fsp3) is 0.364. The number of carbonyl (C=O) groups excluding carboxylic acids is 1. The van der Waals surface area contributed by atoms with Crippen molar-refractivity contribution in [3.8, 4) is 0 Å². The van der Waals surface area contributed by atoms with Crippen LogP contribution in [0, 0.1) is 12.7 Å². The topological polar surface area (TPSA) is 46.3 Å². The van der Waals surface area contributed by atoms with E-state index in [1.807, 2.05) is 32.0 Å². The third-order valence-electron chi connectivity index (χ3n) is 1.80. The Morgan fingerprint density at radius 3 is 2.47 bits per heavy atom. The Labute approximate surface area is 89.7 Å². The highest BCUT2D eigenvalue weighted by Crippen LogP contribution is 2.11. The van der Waals surface area contributed by atoms with E-state index >= 15 is 0 Å². The molecule has 1 amide bonds. The molecule has 0 aliphatic rings. The Hall–Kier alpha value is -1.42. The van der Waals surface area contributed by atoms with Gasteiger partial charge >= 0.3 is 0 Å². The van der Waals surface area contributed by atoms with Crippen LogP contribution in [0.2, 0.25) is 0 Å².